The molecule has 5 nitrogen and oxygen atoms in total. The molecule has 1 rings (SSSR count). The lowest BCUT2D eigenvalue weighted by atomic mass is 9.99. The van der Waals surface area contributed by atoms with E-state index in [0.717, 1.165) is 12.0 Å². The van der Waals surface area contributed by atoms with Gasteiger partial charge in [0, 0.05) is 26.8 Å². The van der Waals surface area contributed by atoms with Gasteiger partial charge in [-0.25, -0.2) is 0 Å². The number of aliphatic hydroxyl groups excluding tert-OH is 1. The van der Waals surface area contributed by atoms with Crippen molar-refractivity contribution in [2.75, 3.05) is 20.4 Å². The number of nitrogens with one attached hydrogen (secondary N) is 1. The van der Waals surface area contributed by atoms with Gasteiger partial charge in [-0.1, -0.05) is 44.2 Å². The molecule has 0 aromatic heterocycles. The molecule has 1 aromatic carbocycles. The number of rotatable bonds is 10. The second-order valence-corrected chi connectivity index (χ2v) is 8.15. The maximum atomic E-state index is 12.2. The normalized spacial score (nSPS) is 15.0. The molecule has 0 aliphatic rings. The standard InChI is InChI=1S/C16H28NO4P/c1-13(2)10-15(16(18)12-22(19,20-3)21-4)17-11-14-8-6-5-7-9-14/h5-9,13,15-18H,10-12H2,1-4H3/t15-,16+/m0/s1. The van der Waals surface area contributed by atoms with Crippen LogP contribution in [0.4, 0.5) is 0 Å². The van der Waals surface area contributed by atoms with Gasteiger partial charge in [-0.3, -0.25) is 4.57 Å². The summed E-state index contributed by atoms with van der Waals surface area (Å²) in [5.74, 6) is 0.410. The van der Waals surface area contributed by atoms with Crippen LogP contribution in [0.25, 0.3) is 0 Å². The maximum absolute atomic E-state index is 12.2. The van der Waals surface area contributed by atoms with Crippen LogP contribution in [0.3, 0.4) is 0 Å². The first-order chi connectivity index (χ1) is 10.4. The van der Waals surface area contributed by atoms with E-state index in [9.17, 15) is 9.67 Å². The number of hydrogen-bond acceptors (Lipinski definition) is 5. The van der Waals surface area contributed by atoms with Crippen LogP contribution < -0.4 is 5.32 Å². The minimum atomic E-state index is -3.22. The van der Waals surface area contributed by atoms with Crippen molar-refractivity contribution in [3.05, 3.63) is 35.9 Å². The SMILES string of the molecule is COP(=O)(C[C@@H](O)[C@H](CC(C)C)NCc1ccccc1)OC. The molecular formula is C16H28NO4P. The molecule has 126 valence electrons. The molecule has 0 bridgehead atoms. The van der Waals surface area contributed by atoms with E-state index in [1.807, 2.05) is 30.3 Å². The zero-order valence-corrected chi connectivity index (χ0v) is 14.8. The molecule has 0 aliphatic heterocycles. The molecule has 0 saturated heterocycles. The fourth-order valence-corrected chi connectivity index (χ4v) is 3.47. The average molecular weight is 329 g/mol. The van der Waals surface area contributed by atoms with Crippen LogP contribution in [0.15, 0.2) is 30.3 Å². The van der Waals surface area contributed by atoms with Crippen molar-refractivity contribution in [1.29, 1.82) is 0 Å². The maximum Gasteiger partial charge on any atom is 0.332 e. The molecule has 0 saturated carbocycles. The molecule has 2 N–H and O–H groups in total. The van der Waals surface area contributed by atoms with Gasteiger partial charge < -0.3 is 19.5 Å². The zero-order chi connectivity index (χ0) is 16.6. The highest BCUT2D eigenvalue weighted by Gasteiger charge is 2.30. The van der Waals surface area contributed by atoms with E-state index in [4.69, 9.17) is 9.05 Å². The van der Waals surface area contributed by atoms with Crippen molar-refractivity contribution in [2.45, 2.75) is 39.0 Å². The van der Waals surface area contributed by atoms with E-state index in [1.54, 1.807) is 0 Å². The van der Waals surface area contributed by atoms with Crippen molar-refractivity contribution in [2.24, 2.45) is 5.92 Å². The predicted molar refractivity (Wildman–Crippen MR) is 89.0 cm³/mol. The van der Waals surface area contributed by atoms with Crippen LogP contribution in [0.2, 0.25) is 0 Å². The summed E-state index contributed by atoms with van der Waals surface area (Å²) in [7, 11) is -0.542. The number of benzene rings is 1. The van der Waals surface area contributed by atoms with Crippen molar-refractivity contribution >= 4 is 7.60 Å². The highest BCUT2D eigenvalue weighted by molar-refractivity contribution is 7.53. The second kappa shape index (κ2) is 9.43. The Labute approximate surface area is 133 Å². The summed E-state index contributed by atoms with van der Waals surface area (Å²) in [6.07, 6.45) is -0.0301. The van der Waals surface area contributed by atoms with Crippen molar-refractivity contribution in [1.82, 2.24) is 5.32 Å². The molecule has 22 heavy (non-hydrogen) atoms. The molecule has 6 heteroatoms. The van der Waals surface area contributed by atoms with Gasteiger partial charge in [0.05, 0.1) is 12.3 Å². The Kier molecular flexibility index (Phi) is 8.29. The fraction of sp³-hybridized carbons (Fsp3) is 0.625. The third kappa shape index (κ3) is 6.59. The second-order valence-electron chi connectivity index (χ2n) is 5.83. The smallest absolute Gasteiger partial charge is 0.332 e. The molecule has 1 aromatic rings. The van der Waals surface area contributed by atoms with E-state index in [0.29, 0.717) is 12.5 Å². The molecule has 0 fully saturated rings. The minimum absolute atomic E-state index is 0.0147. The molecule has 0 radical (unpaired) electrons. The lowest BCUT2D eigenvalue weighted by Crippen LogP contribution is -2.42. The fourth-order valence-electron chi connectivity index (χ4n) is 2.31. The van der Waals surface area contributed by atoms with Crippen molar-refractivity contribution in [3.8, 4) is 0 Å². The van der Waals surface area contributed by atoms with E-state index in [1.165, 1.54) is 14.2 Å². The third-order valence-electron chi connectivity index (χ3n) is 3.57. The van der Waals surface area contributed by atoms with Gasteiger partial charge in [-0.15, -0.1) is 0 Å². The van der Waals surface area contributed by atoms with Crippen LogP contribution in [-0.4, -0.2) is 37.6 Å². The Hall–Kier alpha value is -0.710. The molecule has 0 spiro atoms. The summed E-state index contributed by atoms with van der Waals surface area (Å²) in [4.78, 5) is 0. The van der Waals surface area contributed by atoms with Gasteiger partial charge in [0.1, 0.15) is 0 Å². The van der Waals surface area contributed by atoms with E-state index in [2.05, 4.69) is 19.2 Å². The number of hydrogen-bond donors (Lipinski definition) is 2. The zero-order valence-electron chi connectivity index (χ0n) is 13.9. The van der Waals surface area contributed by atoms with Gasteiger partial charge in [0.15, 0.2) is 0 Å². The Morgan fingerprint density at radius 3 is 2.27 bits per heavy atom. The van der Waals surface area contributed by atoms with E-state index < -0.39 is 13.7 Å². The largest absolute Gasteiger partial charge is 0.391 e. The molecule has 0 unspecified atom stereocenters. The van der Waals surface area contributed by atoms with Gasteiger partial charge in [-0.05, 0) is 17.9 Å². The average Bonchev–Trinajstić information content (AvgIpc) is 2.51. The first kappa shape index (κ1) is 19.3. The van der Waals surface area contributed by atoms with Gasteiger partial charge in [0.25, 0.3) is 0 Å². The van der Waals surface area contributed by atoms with Crippen molar-refractivity contribution < 1.29 is 18.7 Å². The Morgan fingerprint density at radius 2 is 1.77 bits per heavy atom. The summed E-state index contributed by atoms with van der Waals surface area (Å²) in [5.41, 5.74) is 1.14. The first-order valence-corrected chi connectivity index (χ1v) is 9.29. The van der Waals surface area contributed by atoms with Crippen LogP contribution in [0.1, 0.15) is 25.8 Å². The van der Waals surface area contributed by atoms with E-state index >= 15 is 0 Å². The quantitative estimate of drug-likeness (QED) is 0.646. The van der Waals surface area contributed by atoms with Gasteiger partial charge in [0.2, 0.25) is 0 Å². The topological polar surface area (TPSA) is 67.8 Å². The van der Waals surface area contributed by atoms with Crippen LogP contribution in [-0.2, 0) is 20.2 Å². The van der Waals surface area contributed by atoms with Crippen LogP contribution in [0, 0.1) is 5.92 Å². The first-order valence-electron chi connectivity index (χ1n) is 7.56. The summed E-state index contributed by atoms with van der Waals surface area (Å²) in [5, 5.41) is 13.8. The van der Waals surface area contributed by atoms with E-state index in [-0.39, 0.29) is 12.2 Å². The molecule has 0 heterocycles. The van der Waals surface area contributed by atoms with Gasteiger partial charge in [-0.2, -0.15) is 0 Å². The summed E-state index contributed by atoms with van der Waals surface area (Å²) < 4.78 is 22.0. The highest BCUT2D eigenvalue weighted by Crippen LogP contribution is 2.47. The van der Waals surface area contributed by atoms with Crippen LogP contribution in [0.5, 0.6) is 0 Å². The monoisotopic (exact) mass is 329 g/mol. The Morgan fingerprint density at radius 1 is 1.18 bits per heavy atom. The summed E-state index contributed by atoms with van der Waals surface area (Å²) >= 11 is 0. The predicted octanol–water partition coefficient (Wildman–Crippen LogP) is 3.04. The molecule has 0 amide bonds. The van der Waals surface area contributed by atoms with Crippen LogP contribution >= 0.6 is 7.60 Å². The Balaban J connectivity index is 2.68. The third-order valence-corrected chi connectivity index (χ3v) is 5.50. The Bertz CT molecular complexity index is 458. The highest BCUT2D eigenvalue weighted by atomic mass is 31.2. The van der Waals surface area contributed by atoms with Crippen molar-refractivity contribution in [3.63, 3.8) is 0 Å². The molecular weight excluding hydrogens is 301 g/mol. The summed E-state index contributed by atoms with van der Waals surface area (Å²) in [6.45, 7) is 4.84. The lowest BCUT2D eigenvalue weighted by Gasteiger charge is -2.27. The van der Waals surface area contributed by atoms with Gasteiger partial charge >= 0.3 is 7.60 Å². The lowest BCUT2D eigenvalue weighted by molar-refractivity contribution is 0.125. The minimum Gasteiger partial charge on any atom is -0.391 e. The summed E-state index contributed by atoms with van der Waals surface area (Å²) in [6, 6.07) is 9.82. The molecule has 2 atom stereocenters. The number of aliphatic hydroxyl groups is 1. The molecule has 0 aliphatic carbocycles.